The van der Waals surface area contributed by atoms with Gasteiger partial charge < -0.3 is 18.6 Å². The van der Waals surface area contributed by atoms with E-state index in [-0.39, 0.29) is 47.5 Å². The van der Waals surface area contributed by atoms with Crippen molar-refractivity contribution in [3.05, 3.63) is 108 Å². The number of unbranched alkanes of at least 4 members (excludes halogenated alkanes) is 8. The van der Waals surface area contributed by atoms with Crippen molar-refractivity contribution in [2.45, 2.75) is 101 Å². The second-order valence-corrected chi connectivity index (χ2v) is 14.4. The van der Waals surface area contributed by atoms with E-state index >= 15 is 0 Å². The molecule has 0 unspecified atom stereocenters. The average molecular weight is 735 g/mol. The second kappa shape index (κ2) is 22.4. The molecule has 260 valence electrons. The standard InChI is InChI=1S/2C19H24O4S.Ca/c2*1-2-3-4-5-6-8-16-9-7-10-18(15-16)23-17-11-13-19(14-12-17)24(20,21)22;/h2*7,9-15H,2-6,8H2,1H3,(H,20,21,22);/q;;+2/p-2. The number of ether oxygens (including phenoxy) is 2. The van der Waals surface area contributed by atoms with Crippen LogP contribution in [0.3, 0.4) is 0 Å². The van der Waals surface area contributed by atoms with Crippen LogP contribution >= 0.6 is 0 Å². The Kier molecular flexibility index (Phi) is 19.5. The molecule has 0 heterocycles. The van der Waals surface area contributed by atoms with Crippen LogP contribution in [-0.2, 0) is 33.1 Å². The van der Waals surface area contributed by atoms with E-state index in [1.54, 1.807) is 0 Å². The van der Waals surface area contributed by atoms with Crippen LogP contribution in [0.5, 0.6) is 23.0 Å². The fourth-order valence-corrected chi connectivity index (χ4v) is 5.95. The molecule has 4 aromatic rings. The maximum atomic E-state index is 10.9. The number of benzene rings is 4. The third-order valence-electron chi connectivity index (χ3n) is 7.63. The average Bonchev–Trinajstić information content (AvgIpc) is 3.05. The van der Waals surface area contributed by atoms with E-state index in [2.05, 4.69) is 26.0 Å². The van der Waals surface area contributed by atoms with Gasteiger partial charge in [-0.15, -0.1) is 0 Å². The molecular weight excluding hydrogens is 689 g/mol. The first kappa shape index (κ1) is 42.7. The predicted octanol–water partition coefficient (Wildman–Crippen LogP) is 9.41. The molecule has 0 saturated heterocycles. The van der Waals surface area contributed by atoms with Gasteiger partial charge in [0.25, 0.3) is 0 Å². The zero-order chi connectivity index (χ0) is 34.8. The van der Waals surface area contributed by atoms with E-state index in [1.807, 2.05) is 36.4 Å². The predicted molar refractivity (Wildman–Crippen MR) is 193 cm³/mol. The van der Waals surface area contributed by atoms with Gasteiger partial charge in [0.05, 0.1) is 9.79 Å². The smallest absolute Gasteiger partial charge is 0.744 e. The Balaban J connectivity index is 0.000000333. The van der Waals surface area contributed by atoms with Crippen LogP contribution in [0.25, 0.3) is 0 Å². The van der Waals surface area contributed by atoms with Crippen molar-refractivity contribution in [3.8, 4) is 23.0 Å². The molecule has 4 aromatic carbocycles. The van der Waals surface area contributed by atoms with Gasteiger partial charge >= 0.3 is 37.7 Å². The van der Waals surface area contributed by atoms with Crippen molar-refractivity contribution in [1.29, 1.82) is 0 Å². The molecule has 0 aliphatic heterocycles. The van der Waals surface area contributed by atoms with E-state index in [4.69, 9.17) is 9.47 Å². The summed E-state index contributed by atoms with van der Waals surface area (Å²) in [5.74, 6) is 2.42. The van der Waals surface area contributed by atoms with Crippen molar-refractivity contribution in [2.24, 2.45) is 0 Å². The van der Waals surface area contributed by atoms with Crippen molar-refractivity contribution in [3.63, 3.8) is 0 Å². The molecule has 11 heteroatoms. The Hall–Kier alpha value is -2.44. The van der Waals surface area contributed by atoms with E-state index in [1.165, 1.54) is 124 Å². The summed E-state index contributed by atoms with van der Waals surface area (Å²) in [7, 11) is -8.84. The first-order chi connectivity index (χ1) is 23.0. The molecular formula is C38H46CaO8S2. The minimum atomic E-state index is -4.42. The molecule has 0 amide bonds. The minimum absolute atomic E-state index is 0. The molecule has 0 fully saturated rings. The maximum Gasteiger partial charge on any atom is 2.00 e. The van der Waals surface area contributed by atoms with E-state index < -0.39 is 20.2 Å². The van der Waals surface area contributed by atoms with Gasteiger partial charge in [0, 0.05) is 0 Å². The molecule has 0 bridgehead atoms. The first-order valence-corrected chi connectivity index (χ1v) is 19.4. The van der Waals surface area contributed by atoms with E-state index in [0.717, 1.165) is 12.8 Å². The van der Waals surface area contributed by atoms with Crippen LogP contribution in [0.4, 0.5) is 0 Å². The van der Waals surface area contributed by atoms with Gasteiger partial charge in [-0.1, -0.05) is 89.5 Å². The normalized spacial score (nSPS) is 11.2. The SMILES string of the molecule is CCCCCCCc1cccc(Oc2ccc(S(=O)(=O)[O-])cc2)c1.CCCCCCCc1cccc(Oc2ccc(S(=O)(=O)[O-])cc2)c1.[Ca+2]. The Morgan fingerprint density at radius 2 is 0.816 bits per heavy atom. The summed E-state index contributed by atoms with van der Waals surface area (Å²) in [6.45, 7) is 4.42. The van der Waals surface area contributed by atoms with Crippen LogP contribution in [0.2, 0.25) is 0 Å². The van der Waals surface area contributed by atoms with Gasteiger partial charge in [-0.05, 0) is 110 Å². The van der Waals surface area contributed by atoms with Crippen LogP contribution in [0.15, 0.2) is 107 Å². The quantitative estimate of drug-likeness (QED) is 0.0561. The minimum Gasteiger partial charge on any atom is -0.744 e. The van der Waals surface area contributed by atoms with E-state index in [9.17, 15) is 25.9 Å². The molecule has 0 saturated carbocycles. The summed E-state index contributed by atoms with van der Waals surface area (Å²) in [5, 5.41) is 0. The molecule has 0 spiro atoms. The summed E-state index contributed by atoms with van der Waals surface area (Å²) in [5.41, 5.74) is 2.45. The third kappa shape index (κ3) is 16.9. The third-order valence-corrected chi connectivity index (χ3v) is 9.33. The number of aryl methyl sites for hydroxylation is 2. The maximum absolute atomic E-state index is 10.9. The summed E-state index contributed by atoms with van der Waals surface area (Å²) < 4.78 is 77.0. The zero-order valence-corrected chi connectivity index (χ0v) is 32.4. The molecule has 0 N–H and O–H groups in total. The Labute approximate surface area is 322 Å². The first-order valence-electron chi connectivity index (χ1n) is 16.6. The Bertz CT molecular complexity index is 1610. The largest absolute Gasteiger partial charge is 2.00 e. The topological polar surface area (TPSA) is 133 Å². The number of rotatable bonds is 18. The second-order valence-electron chi connectivity index (χ2n) is 11.7. The summed E-state index contributed by atoms with van der Waals surface area (Å²) >= 11 is 0. The fraction of sp³-hybridized carbons (Fsp3) is 0.368. The van der Waals surface area contributed by atoms with Crippen LogP contribution in [0, 0.1) is 0 Å². The van der Waals surface area contributed by atoms with Crippen LogP contribution < -0.4 is 9.47 Å². The van der Waals surface area contributed by atoms with Crippen molar-refractivity contribution >= 4 is 58.0 Å². The van der Waals surface area contributed by atoms with Gasteiger partial charge in [0.2, 0.25) is 0 Å². The summed E-state index contributed by atoms with van der Waals surface area (Å²) in [6.07, 6.45) is 14.5. The molecule has 0 aliphatic rings. The van der Waals surface area contributed by atoms with Crippen LogP contribution in [0.1, 0.15) is 89.2 Å². The van der Waals surface area contributed by atoms with Gasteiger partial charge in [0.1, 0.15) is 43.2 Å². The van der Waals surface area contributed by atoms with Crippen molar-refractivity contribution in [2.75, 3.05) is 0 Å². The van der Waals surface area contributed by atoms with Crippen LogP contribution in [-0.4, -0.2) is 63.7 Å². The van der Waals surface area contributed by atoms with E-state index in [0.29, 0.717) is 23.0 Å². The molecule has 0 aliphatic carbocycles. The molecule has 0 atom stereocenters. The Morgan fingerprint density at radius 1 is 0.469 bits per heavy atom. The van der Waals surface area contributed by atoms with Gasteiger partial charge in [0.15, 0.2) is 0 Å². The summed E-state index contributed by atoms with van der Waals surface area (Å²) in [6, 6.07) is 26.8. The molecule has 0 radical (unpaired) electrons. The van der Waals surface area contributed by atoms with Crippen molar-refractivity contribution in [1.82, 2.24) is 0 Å². The molecule has 4 rings (SSSR count). The van der Waals surface area contributed by atoms with Gasteiger partial charge in [-0.25, -0.2) is 16.8 Å². The number of hydrogen-bond acceptors (Lipinski definition) is 8. The molecule has 0 aromatic heterocycles. The number of hydrogen-bond donors (Lipinski definition) is 0. The summed E-state index contributed by atoms with van der Waals surface area (Å²) in [4.78, 5) is -0.508. The fourth-order valence-electron chi connectivity index (χ4n) is 5.02. The Morgan fingerprint density at radius 3 is 1.14 bits per heavy atom. The molecule has 8 nitrogen and oxygen atoms in total. The van der Waals surface area contributed by atoms with Crippen molar-refractivity contribution < 1.29 is 35.4 Å². The molecule has 49 heavy (non-hydrogen) atoms. The van der Waals surface area contributed by atoms with Gasteiger partial charge in [-0.3, -0.25) is 0 Å². The zero-order valence-electron chi connectivity index (χ0n) is 28.5. The van der Waals surface area contributed by atoms with Gasteiger partial charge in [-0.2, -0.15) is 0 Å². The monoisotopic (exact) mass is 734 g/mol.